The summed E-state index contributed by atoms with van der Waals surface area (Å²) in [6.45, 7) is 3.23. The summed E-state index contributed by atoms with van der Waals surface area (Å²) in [5.74, 6) is 1.24. The maximum absolute atomic E-state index is 8.70. The van der Waals surface area contributed by atoms with E-state index in [9.17, 15) is 0 Å². The van der Waals surface area contributed by atoms with E-state index in [0.29, 0.717) is 11.9 Å². The van der Waals surface area contributed by atoms with Crippen LogP contribution in [0.25, 0.3) is 0 Å². The minimum Gasteiger partial charge on any atom is -0.409 e. The number of nitrogens with two attached hydrogens (primary N) is 1. The van der Waals surface area contributed by atoms with Gasteiger partial charge in [-0.15, -0.1) is 0 Å². The number of rotatable bonds is 3. The van der Waals surface area contributed by atoms with Crippen LogP contribution in [0.5, 0.6) is 0 Å². The van der Waals surface area contributed by atoms with E-state index in [2.05, 4.69) is 17.0 Å². The zero-order valence-electron chi connectivity index (χ0n) is 8.69. The molecule has 1 aliphatic heterocycles. The number of hydrogen-bond donors (Lipinski definition) is 2. The van der Waals surface area contributed by atoms with Crippen LogP contribution in [-0.4, -0.2) is 34.6 Å². The average Bonchev–Trinajstić information content (AvgIpc) is 2.80. The van der Waals surface area contributed by atoms with Crippen LogP contribution in [0.15, 0.2) is 5.16 Å². The first-order chi connectivity index (χ1) is 6.76. The average molecular weight is 197 g/mol. The molecule has 2 bridgehead atoms. The minimum atomic E-state index is 0.148. The molecule has 2 aliphatic rings. The van der Waals surface area contributed by atoms with E-state index in [1.807, 2.05) is 0 Å². The standard InChI is InChI=1S/C10H19N3O/c1-2-9(10(11)12-14)13-6-7-3-4-8(13)5-7/h7-9,14H,2-6H2,1H3,(H2,11,12). The lowest BCUT2D eigenvalue weighted by Gasteiger charge is -2.33. The van der Waals surface area contributed by atoms with E-state index in [0.717, 1.165) is 18.9 Å². The summed E-state index contributed by atoms with van der Waals surface area (Å²) in [5.41, 5.74) is 5.70. The zero-order chi connectivity index (χ0) is 10.1. The van der Waals surface area contributed by atoms with Gasteiger partial charge in [0, 0.05) is 12.6 Å². The van der Waals surface area contributed by atoms with E-state index < -0.39 is 0 Å². The highest BCUT2D eigenvalue weighted by Crippen LogP contribution is 2.38. The Hall–Kier alpha value is -0.770. The van der Waals surface area contributed by atoms with Crippen molar-refractivity contribution in [2.75, 3.05) is 6.54 Å². The van der Waals surface area contributed by atoms with Crippen molar-refractivity contribution >= 4 is 5.84 Å². The van der Waals surface area contributed by atoms with E-state index in [1.165, 1.54) is 19.3 Å². The second-order valence-electron chi connectivity index (χ2n) is 4.48. The van der Waals surface area contributed by atoms with Crippen molar-refractivity contribution in [2.45, 2.75) is 44.7 Å². The van der Waals surface area contributed by atoms with Gasteiger partial charge in [-0.1, -0.05) is 12.1 Å². The molecule has 3 N–H and O–H groups in total. The Kier molecular flexibility index (Phi) is 2.63. The predicted molar refractivity (Wildman–Crippen MR) is 55.3 cm³/mol. The smallest absolute Gasteiger partial charge is 0.156 e. The molecule has 3 unspecified atom stereocenters. The highest BCUT2D eigenvalue weighted by atomic mass is 16.4. The molecule has 0 aromatic carbocycles. The van der Waals surface area contributed by atoms with Gasteiger partial charge in [0.05, 0.1) is 6.04 Å². The Morgan fingerprint density at radius 3 is 2.86 bits per heavy atom. The topological polar surface area (TPSA) is 61.9 Å². The quantitative estimate of drug-likeness (QED) is 0.307. The monoisotopic (exact) mass is 197 g/mol. The summed E-state index contributed by atoms with van der Waals surface area (Å²) in [4.78, 5) is 2.42. The number of fused-ring (bicyclic) bond motifs is 2. The highest BCUT2D eigenvalue weighted by molar-refractivity contribution is 5.85. The molecular weight excluding hydrogens is 178 g/mol. The SMILES string of the molecule is CCC(/C(N)=N/O)N1CC2CCC1C2. The Labute approximate surface area is 84.8 Å². The maximum atomic E-state index is 8.70. The molecule has 2 rings (SSSR count). The Bertz CT molecular complexity index is 242. The van der Waals surface area contributed by atoms with Crippen LogP contribution in [-0.2, 0) is 0 Å². The van der Waals surface area contributed by atoms with Gasteiger partial charge in [0.1, 0.15) is 0 Å². The lowest BCUT2D eigenvalue weighted by atomic mass is 10.1. The van der Waals surface area contributed by atoms with Crippen LogP contribution in [0, 0.1) is 5.92 Å². The van der Waals surface area contributed by atoms with Gasteiger partial charge in [0.15, 0.2) is 5.84 Å². The summed E-state index contributed by atoms with van der Waals surface area (Å²) in [6, 6.07) is 0.834. The van der Waals surface area contributed by atoms with Gasteiger partial charge >= 0.3 is 0 Å². The molecule has 4 nitrogen and oxygen atoms in total. The van der Waals surface area contributed by atoms with Crippen LogP contribution in [0.2, 0.25) is 0 Å². The van der Waals surface area contributed by atoms with Crippen LogP contribution in [0.1, 0.15) is 32.6 Å². The van der Waals surface area contributed by atoms with Crippen LogP contribution in [0.3, 0.4) is 0 Å². The Morgan fingerprint density at radius 1 is 1.64 bits per heavy atom. The second kappa shape index (κ2) is 3.77. The summed E-state index contributed by atoms with van der Waals surface area (Å²) in [5, 5.41) is 11.8. The van der Waals surface area contributed by atoms with Gasteiger partial charge in [-0.05, 0) is 31.6 Å². The minimum absolute atomic E-state index is 0.148. The summed E-state index contributed by atoms with van der Waals surface area (Å²) in [7, 11) is 0. The Balaban J connectivity index is 2.06. The fraction of sp³-hybridized carbons (Fsp3) is 0.900. The largest absolute Gasteiger partial charge is 0.409 e. The van der Waals surface area contributed by atoms with Gasteiger partial charge in [0.2, 0.25) is 0 Å². The predicted octanol–water partition coefficient (Wildman–Crippen LogP) is 0.996. The number of amidine groups is 1. The normalized spacial score (nSPS) is 35.1. The first-order valence-electron chi connectivity index (χ1n) is 5.49. The second-order valence-corrected chi connectivity index (χ2v) is 4.48. The third-order valence-corrected chi connectivity index (χ3v) is 3.70. The number of hydrogen-bond acceptors (Lipinski definition) is 3. The molecule has 0 amide bonds. The van der Waals surface area contributed by atoms with E-state index in [1.54, 1.807) is 0 Å². The van der Waals surface area contributed by atoms with Gasteiger partial charge in [-0.2, -0.15) is 0 Å². The molecule has 3 atom stereocenters. The van der Waals surface area contributed by atoms with Crippen LogP contribution < -0.4 is 5.73 Å². The van der Waals surface area contributed by atoms with Crippen molar-refractivity contribution < 1.29 is 5.21 Å². The van der Waals surface area contributed by atoms with E-state index in [-0.39, 0.29) is 6.04 Å². The number of nitrogens with zero attached hydrogens (tertiary/aromatic N) is 2. The fourth-order valence-corrected chi connectivity index (χ4v) is 3.02. The van der Waals surface area contributed by atoms with Crippen molar-refractivity contribution in [3.63, 3.8) is 0 Å². The first kappa shape index (κ1) is 9.77. The van der Waals surface area contributed by atoms with E-state index in [4.69, 9.17) is 10.9 Å². The van der Waals surface area contributed by atoms with Crippen molar-refractivity contribution in [1.29, 1.82) is 0 Å². The molecule has 0 aromatic heterocycles. The van der Waals surface area contributed by atoms with Crippen molar-refractivity contribution in [3.8, 4) is 0 Å². The highest BCUT2D eigenvalue weighted by Gasteiger charge is 2.41. The molecule has 2 fully saturated rings. The first-order valence-corrected chi connectivity index (χ1v) is 5.49. The van der Waals surface area contributed by atoms with Crippen molar-refractivity contribution in [2.24, 2.45) is 16.8 Å². The third-order valence-electron chi connectivity index (χ3n) is 3.70. The zero-order valence-corrected chi connectivity index (χ0v) is 8.69. The molecule has 0 spiro atoms. The maximum Gasteiger partial charge on any atom is 0.156 e. The van der Waals surface area contributed by atoms with Gasteiger partial charge in [0.25, 0.3) is 0 Å². The summed E-state index contributed by atoms with van der Waals surface area (Å²) >= 11 is 0. The molecule has 1 heterocycles. The fourth-order valence-electron chi connectivity index (χ4n) is 3.02. The van der Waals surface area contributed by atoms with Crippen LogP contribution in [0.4, 0.5) is 0 Å². The van der Waals surface area contributed by atoms with E-state index >= 15 is 0 Å². The molecule has 0 radical (unpaired) electrons. The van der Waals surface area contributed by atoms with Crippen molar-refractivity contribution in [1.82, 2.24) is 4.90 Å². The van der Waals surface area contributed by atoms with Crippen molar-refractivity contribution in [3.05, 3.63) is 0 Å². The lowest BCUT2D eigenvalue weighted by molar-refractivity contribution is 0.178. The molecule has 1 aliphatic carbocycles. The number of likely N-dealkylation sites (tertiary alicyclic amines) is 1. The van der Waals surface area contributed by atoms with Gasteiger partial charge in [-0.25, -0.2) is 0 Å². The summed E-state index contributed by atoms with van der Waals surface area (Å²) < 4.78 is 0. The molecular formula is C10H19N3O. The lowest BCUT2D eigenvalue weighted by Crippen LogP contribution is -2.48. The molecule has 1 saturated carbocycles. The van der Waals surface area contributed by atoms with Gasteiger partial charge in [-0.3, -0.25) is 4.90 Å². The molecule has 14 heavy (non-hydrogen) atoms. The number of oxime groups is 1. The Morgan fingerprint density at radius 2 is 2.43 bits per heavy atom. The van der Waals surface area contributed by atoms with Gasteiger partial charge < -0.3 is 10.9 Å². The molecule has 80 valence electrons. The van der Waals surface area contributed by atoms with Crippen LogP contribution >= 0.6 is 0 Å². The third kappa shape index (κ3) is 1.47. The molecule has 4 heteroatoms. The molecule has 1 saturated heterocycles. The summed E-state index contributed by atoms with van der Waals surface area (Å²) in [6.07, 6.45) is 4.90. The number of piperidine rings is 1. The molecule has 0 aromatic rings.